The second-order valence-electron chi connectivity index (χ2n) is 9.01. The summed E-state index contributed by atoms with van der Waals surface area (Å²) in [5.41, 5.74) is 0.560. The van der Waals surface area contributed by atoms with Gasteiger partial charge < -0.3 is 9.47 Å². The Morgan fingerprint density at radius 3 is 1.79 bits per heavy atom. The highest BCUT2D eigenvalue weighted by Crippen LogP contribution is 2.21. The largest absolute Gasteiger partial charge is 0.462 e. The molecule has 0 amide bonds. The van der Waals surface area contributed by atoms with Crippen LogP contribution in [0.5, 0.6) is 11.5 Å². The van der Waals surface area contributed by atoms with Gasteiger partial charge in [0.2, 0.25) is 0 Å². The van der Waals surface area contributed by atoms with Crippen LogP contribution >= 0.6 is 0 Å². The molecule has 3 heteroatoms. The van der Waals surface area contributed by atoms with E-state index < -0.39 is 0 Å². The third-order valence-corrected chi connectivity index (χ3v) is 5.96. The first-order valence-corrected chi connectivity index (χ1v) is 13.4. The van der Waals surface area contributed by atoms with Crippen LogP contribution < -0.4 is 4.74 Å². The van der Waals surface area contributed by atoms with Crippen molar-refractivity contribution in [1.82, 2.24) is 0 Å². The minimum Gasteiger partial charge on any atom is -0.462 e. The molecule has 0 radical (unpaired) electrons. The maximum Gasteiger partial charge on any atom is 0.338 e. The van der Waals surface area contributed by atoms with Crippen molar-refractivity contribution in [2.75, 3.05) is 6.61 Å². The average Bonchev–Trinajstić information content (AvgIpc) is 2.87. The number of rotatable bonds is 19. The van der Waals surface area contributed by atoms with E-state index in [1.165, 1.54) is 77.0 Å². The maximum absolute atomic E-state index is 12.2. The third kappa shape index (κ3) is 13.2. The zero-order valence-corrected chi connectivity index (χ0v) is 21.2. The quantitative estimate of drug-likeness (QED) is 0.118. The summed E-state index contributed by atoms with van der Waals surface area (Å²) in [5.74, 6) is 1.22. The van der Waals surface area contributed by atoms with Crippen molar-refractivity contribution in [2.24, 2.45) is 0 Å². The van der Waals surface area contributed by atoms with E-state index >= 15 is 0 Å². The number of esters is 1. The highest BCUT2D eigenvalue weighted by molar-refractivity contribution is 5.89. The number of allylic oxidation sites excluding steroid dienone is 2. The van der Waals surface area contributed by atoms with Gasteiger partial charge in [-0.1, -0.05) is 95.1 Å². The van der Waals surface area contributed by atoms with Crippen molar-refractivity contribution in [1.29, 1.82) is 0 Å². The Morgan fingerprint density at radius 2 is 1.18 bits per heavy atom. The smallest absolute Gasteiger partial charge is 0.338 e. The van der Waals surface area contributed by atoms with E-state index in [1.54, 1.807) is 24.3 Å². The van der Waals surface area contributed by atoms with Crippen LogP contribution in [0.1, 0.15) is 107 Å². The summed E-state index contributed by atoms with van der Waals surface area (Å²) in [6.07, 6.45) is 22.6. The Balaban J connectivity index is 1.41. The zero-order valence-electron chi connectivity index (χ0n) is 21.2. The summed E-state index contributed by atoms with van der Waals surface area (Å²) in [6.45, 7) is 2.76. The lowest BCUT2D eigenvalue weighted by Crippen LogP contribution is -2.06. The predicted molar refractivity (Wildman–Crippen MR) is 143 cm³/mol. The Morgan fingerprint density at radius 1 is 0.647 bits per heavy atom. The lowest BCUT2D eigenvalue weighted by Gasteiger charge is -2.07. The summed E-state index contributed by atoms with van der Waals surface area (Å²) in [4.78, 5) is 12.2. The monoisotopic (exact) mass is 464 g/mol. The molecule has 186 valence electrons. The molecule has 0 fully saturated rings. The standard InChI is InChI=1S/C31H44O3/c1-2-3-4-5-6-7-8-9-10-11-12-13-14-15-16-20-27-33-31(32)28-23-25-30(26-24-28)34-29-21-18-17-19-22-29/h9-10,17-19,21-26H,2-8,11-16,20,27H2,1H3/b10-9-. The summed E-state index contributed by atoms with van der Waals surface area (Å²) in [7, 11) is 0. The molecule has 0 atom stereocenters. The van der Waals surface area contributed by atoms with E-state index in [2.05, 4.69) is 19.1 Å². The van der Waals surface area contributed by atoms with Gasteiger partial charge in [0.25, 0.3) is 0 Å². The molecule has 2 aromatic rings. The molecular formula is C31H44O3. The SMILES string of the molecule is CCCCCCCC/C=C\CCCCCCCCOC(=O)c1ccc(Oc2ccccc2)cc1. The van der Waals surface area contributed by atoms with Crippen molar-refractivity contribution in [3.05, 3.63) is 72.3 Å². The van der Waals surface area contributed by atoms with Crippen LogP contribution in [0.3, 0.4) is 0 Å². The number of unbranched alkanes of at least 4 members (excludes halogenated alkanes) is 12. The fourth-order valence-corrected chi connectivity index (χ4v) is 3.88. The highest BCUT2D eigenvalue weighted by Gasteiger charge is 2.07. The fourth-order valence-electron chi connectivity index (χ4n) is 3.88. The molecule has 0 heterocycles. The summed E-state index contributed by atoms with van der Waals surface area (Å²) in [5, 5.41) is 0. The van der Waals surface area contributed by atoms with Crippen LogP contribution in [0.4, 0.5) is 0 Å². The first-order chi connectivity index (χ1) is 16.8. The van der Waals surface area contributed by atoms with Crippen LogP contribution in [0, 0.1) is 0 Å². The molecule has 0 saturated carbocycles. The molecule has 0 aromatic heterocycles. The summed E-state index contributed by atoms with van der Waals surface area (Å²) < 4.78 is 11.2. The molecule has 2 aromatic carbocycles. The highest BCUT2D eigenvalue weighted by atomic mass is 16.5. The molecule has 3 nitrogen and oxygen atoms in total. The van der Waals surface area contributed by atoms with Gasteiger partial charge in [0.15, 0.2) is 0 Å². The van der Waals surface area contributed by atoms with Gasteiger partial charge in [0.05, 0.1) is 12.2 Å². The topological polar surface area (TPSA) is 35.5 Å². The number of para-hydroxylation sites is 1. The number of hydrogen-bond acceptors (Lipinski definition) is 3. The molecule has 0 aliphatic carbocycles. The average molecular weight is 465 g/mol. The van der Waals surface area contributed by atoms with Crippen LogP contribution in [0.15, 0.2) is 66.7 Å². The number of carbonyl (C=O) groups excluding carboxylic acids is 1. The number of ether oxygens (including phenoxy) is 2. The van der Waals surface area contributed by atoms with Crippen LogP contribution in [-0.2, 0) is 4.74 Å². The summed E-state index contributed by atoms with van der Waals surface area (Å²) in [6, 6.07) is 16.7. The van der Waals surface area contributed by atoms with Gasteiger partial charge in [-0.05, 0) is 68.5 Å². The maximum atomic E-state index is 12.2. The van der Waals surface area contributed by atoms with Gasteiger partial charge in [-0.2, -0.15) is 0 Å². The molecule has 0 N–H and O–H groups in total. The zero-order chi connectivity index (χ0) is 24.1. The molecule has 34 heavy (non-hydrogen) atoms. The van der Waals surface area contributed by atoms with Gasteiger partial charge >= 0.3 is 5.97 Å². The molecule has 0 spiro atoms. The Kier molecular flexibility index (Phi) is 15.3. The molecule has 2 rings (SSSR count). The van der Waals surface area contributed by atoms with Crippen LogP contribution in [0.2, 0.25) is 0 Å². The molecule has 0 aliphatic heterocycles. The number of hydrogen-bond donors (Lipinski definition) is 0. The van der Waals surface area contributed by atoms with E-state index in [4.69, 9.17) is 9.47 Å². The van der Waals surface area contributed by atoms with E-state index in [9.17, 15) is 4.79 Å². The van der Waals surface area contributed by atoms with Crippen molar-refractivity contribution in [3.63, 3.8) is 0 Å². The molecular weight excluding hydrogens is 420 g/mol. The van der Waals surface area contributed by atoms with Gasteiger partial charge in [0, 0.05) is 0 Å². The first kappa shape index (κ1) is 27.7. The number of benzene rings is 2. The van der Waals surface area contributed by atoms with E-state index in [-0.39, 0.29) is 5.97 Å². The lowest BCUT2D eigenvalue weighted by molar-refractivity contribution is 0.0497. The van der Waals surface area contributed by atoms with Gasteiger partial charge in [0.1, 0.15) is 11.5 Å². The fraction of sp³-hybridized carbons (Fsp3) is 0.516. The molecule has 0 unspecified atom stereocenters. The van der Waals surface area contributed by atoms with Crippen LogP contribution in [-0.4, -0.2) is 12.6 Å². The van der Waals surface area contributed by atoms with E-state index in [1.807, 2.05) is 30.3 Å². The van der Waals surface area contributed by atoms with Gasteiger partial charge in [-0.3, -0.25) is 0 Å². The van der Waals surface area contributed by atoms with Crippen LogP contribution in [0.25, 0.3) is 0 Å². The Labute approximate surface area is 207 Å². The van der Waals surface area contributed by atoms with E-state index in [0.29, 0.717) is 17.9 Å². The Bertz CT molecular complexity index is 780. The Hall–Kier alpha value is -2.55. The molecule has 0 aliphatic rings. The van der Waals surface area contributed by atoms with Crippen molar-refractivity contribution in [3.8, 4) is 11.5 Å². The minimum atomic E-state index is -0.265. The summed E-state index contributed by atoms with van der Waals surface area (Å²) >= 11 is 0. The second kappa shape index (κ2) is 18.8. The minimum absolute atomic E-state index is 0.265. The van der Waals surface area contributed by atoms with E-state index in [0.717, 1.165) is 18.6 Å². The van der Waals surface area contributed by atoms with Gasteiger partial charge in [-0.15, -0.1) is 0 Å². The molecule has 0 saturated heterocycles. The third-order valence-electron chi connectivity index (χ3n) is 5.96. The first-order valence-electron chi connectivity index (χ1n) is 13.4. The van der Waals surface area contributed by atoms with Crippen molar-refractivity contribution in [2.45, 2.75) is 96.8 Å². The van der Waals surface area contributed by atoms with Gasteiger partial charge in [-0.25, -0.2) is 4.79 Å². The predicted octanol–water partition coefficient (Wildman–Crippen LogP) is 9.67. The normalized spacial score (nSPS) is 11.1. The van der Waals surface area contributed by atoms with Crippen molar-refractivity contribution < 1.29 is 14.3 Å². The number of carbonyl (C=O) groups is 1. The molecule has 0 bridgehead atoms. The lowest BCUT2D eigenvalue weighted by atomic mass is 10.1. The second-order valence-corrected chi connectivity index (χ2v) is 9.01. The van der Waals surface area contributed by atoms with Crippen molar-refractivity contribution >= 4 is 5.97 Å².